The normalized spacial score (nSPS) is 11.8. The summed E-state index contributed by atoms with van der Waals surface area (Å²) in [6.45, 7) is 2.02. The molecule has 1 aromatic carbocycles. The maximum atomic E-state index is 8.75. The first kappa shape index (κ1) is 11.9. The van der Waals surface area contributed by atoms with Crippen molar-refractivity contribution in [3.63, 3.8) is 0 Å². The zero-order valence-corrected chi connectivity index (χ0v) is 10.7. The summed E-state index contributed by atoms with van der Waals surface area (Å²) in [7, 11) is 0. The smallest absolute Gasteiger partial charge is 0.0992 e. The van der Waals surface area contributed by atoms with Crippen LogP contribution in [0.4, 0.5) is 5.69 Å². The average molecular weight is 264 g/mol. The van der Waals surface area contributed by atoms with Gasteiger partial charge in [-0.25, -0.2) is 4.98 Å². The second kappa shape index (κ2) is 5.17. The Hall–Kier alpha value is -1.57. The molecule has 17 heavy (non-hydrogen) atoms. The van der Waals surface area contributed by atoms with Crippen molar-refractivity contribution in [3.8, 4) is 6.07 Å². The van der Waals surface area contributed by atoms with E-state index in [0.717, 1.165) is 11.4 Å². The minimum Gasteiger partial charge on any atom is -0.376 e. The van der Waals surface area contributed by atoms with Gasteiger partial charge in [-0.05, 0) is 25.1 Å². The molecule has 3 nitrogen and oxygen atoms in total. The fraction of sp³-hybridized carbons (Fsp3) is 0.167. The Morgan fingerprint density at radius 2 is 2.35 bits per heavy atom. The highest BCUT2D eigenvalue weighted by Crippen LogP contribution is 2.26. The number of rotatable bonds is 3. The first-order valence-corrected chi connectivity index (χ1v) is 6.37. The summed E-state index contributed by atoms with van der Waals surface area (Å²) in [4.78, 5) is 4.24. The van der Waals surface area contributed by atoms with E-state index < -0.39 is 0 Å². The van der Waals surface area contributed by atoms with E-state index in [2.05, 4.69) is 16.4 Å². The molecule has 1 unspecified atom stereocenters. The van der Waals surface area contributed by atoms with E-state index in [1.807, 2.05) is 18.4 Å². The zero-order chi connectivity index (χ0) is 12.3. The number of nitrogens with zero attached hydrogens (tertiary/aromatic N) is 2. The van der Waals surface area contributed by atoms with Gasteiger partial charge in [0.05, 0.1) is 39.6 Å². The summed E-state index contributed by atoms with van der Waals surface area (Å²) in [5, 5.41) is 14.6. The van der Waals surface area contributed by atoms with E-state index in [0.29, 0.717) is 10.6 Å². The molecule has 0 spiro atoms. The number of aromatic nitrogens is 1. The lowest BCUT2D eigenvalue weighted by Crippen LogP contribution is -2.07. The van der Waals surface area contributed by atoms with Gasteiger partial charge in [-0.2, -0.15) is 5.26 Å². The predicted octanol–water partition coefficient (Wildman–Crippen LogP) is 3.84. The lowest BCUT2D eigenvalue weighted by Gasteiger charge is -2.14. The SMILES string of the molecule is CC(Nc1ccc(C#N)cc1Cl)c1cscn1. The zero-order valence-electron chi connectivity index (χ0n) is 9.14. The van der Waals surface area contributed by atoms with Crippen LogP contribution in [-0.4, -0.2) is 4.98 Å². The number of nitriles is 1. The number of thiazole rings is 1. The van der Waals surface area contributed by atoms with Crippen LogP contribution in [0, 0.1) is 11.3 Å². The predicted molar refractivity (Wildman–Crippen MR) is 70.3 cm³/mol. The van der Waals surface area contributed by atoms with Crippen molar-refractivity contribution >= 4 is 28.6 Å². The lowest BCUT2D eigenvalue weighted by atomic mass is 10.2. The van der Waals surface area contributed by atoms with Gasteiger partial charge in [0, 0.05) is 5.38 Å². The molecule has 0 amide bonds. The molecule has 1 N–H and O–H groups in total. The summed E-state index contributed by atoms with van der Waals surface area (Å²) in [5.41, 5.74) is 4.15. The van der Waals surface area contributed by atoms with Gasteiger partial charge in [-0.15, -0.1) is 11.3 Å². The maximum Gasteiger partial charge on any atom is 0.0992 e. The third-order valence-electron chi connectivity index (χ3n) is 2.37. The number of halogens is 1. The highest BCUT2D eigenvalue weighted by Gasteiger charge is 2.09. The average Bonchev–Trinajstić information content (AvgIpc) is 2.85. The van der Waals surface area contributed by atoms with Crippen molar-refractivity contribution in [3.05, 3.63) is 45.4 Å². The van der Waals surface area contributed by atoms with Gasteiger partial charge < -0.3 is 5.32 Å². The topological polar surface area (TPSA) is 48.7 Å². The first-order chi connectivity index (χ1) is 8.20. The molecule has 0 saturated heterocycles. The van der Waals surface area contributed by atoms with Crippen molar-refractivity contribution in [2.45, 2.75) is 13.0 Å². The second-order valence-corrected chi connectivity index (χ2v) is 4.71. The Balaban J connectivity index is 2.17. The second-order valence-electron chi connectivity index (χ2n) is 3.59. The third-order valence-corrected chi connectivity index (χ3v) is 3.28. The molecular formula is C12H10ClN3S. The van der Waals surface area contributed by atoms with Crippen LogP contribution in [-0.2, 0) is 0 Å². The highest BCUT2D eigenvalue weighted by atomic mass is 35.5. The minimum atomic E-state index is 0.0895. The number of hydrogen-bond donors (Lipinski definition) is 1. The Kier molecular flexibility index (Phi) is 3.62. The molecule has 0 bridgehead atoms. The van der Waals surface area contributed by atoms with Gasteiger partial charge in [-0.3, -0.25) is 0 Å². The van der Waals surface area contributed by atoms with Crippen molar-refractivity contribution in [1.29, 1.82) is 5.26 Å². The molecule has 0 aliphatic rings. The standard InChI is InChI=1S/C12H10ClN3S/c1-8(12-6-17-7-15-12)16-11-3-2-9(5-14)4-10(11)13/h2-4,6-8,16H,1H3. The molecule has 0 aliphatic heterocycles. The Morgan fingerprint density at radius 3 is 2.94 bits per heavy atom. The van der Waals surface area contributed by atoms with Crippen LogP contribution in [0.2, 0.25) is 5.02 Å². The van der Waals surface area contributed by atoms with Crippen molar-refractivity contribution < 1.29 is 0 Å². The molecule has 5 heteroatoms. The van der Waals surface area contributed by atoms with Crippen molar-refractivity contribution in [1.82, 2.24) is 4.98 Å². The van der Waals surface area contributed by atoms with Gasteiger partial charge in [0.15, 0.2) is 0 Å². The molecule has 0 fully saturated rings. The molecule has 1 aromatic heterocycles. The Bertz CT molecular complexity index is 545. The van der Waals surface area contributed by atoms with Gasteiger partial charge in [0.2, 0.25) is 0 Å². The molecule has 1 heterocycles. The molecule has 0 radical (unpaired) electrons. The first-order valence-electron chi connectivity index (χ1n) is 5.05. The number of nitrogens with one attached hydrogen (secondary N) is 1. The molecule has 2 rings (SSSR count). The number of anilines is 1. The van der Waals surface area contributed by atoms with Crippen LogP contribution in [0.5, 0.6) is 0 Å². The maximum absolute atomic E-state index is 8.75. The lowest BCUT2D eigenvalue weighted by molar-refractivity contribution is 0.850. The Morgan fingerprint density at radius 1 is 1.53 bits per heavy atom. The number of hydrogen-bond acceptors (Lipinski definition) is 4. The van der Waals surface area contributed by atoms with E-state index in [9.17, 15) is 0 Å². The van der Waals surface area contributed by atoms with Crippen molar-refractivity contribution in [2.24, 2.45) is 0 Å². The quantitative estimate of drug-likeness (QED) is 0.915. The van der Waals surface area contributed by atoms with E-state index in [1.165, 1.54) is 0 Å². The van der Waals surface area contributed by atoms with Crippen LogP contribution >= 0.6 is 22.9 Å². The molecule has 1 atom stereocenters. The van der Waals surface area contributed by atoms with E-state index >= 15 is 0 Å². The fourth-order valence-electron chi connectivity index (χ4n) is 1.44. The van der Waals surface area contributed by atoms with Crippen molar-refractivity contribution in [2.75, 3.05) is 5.32 Å². The summed E-state index contributed by atoms with van der Waals surface area (Å²) in [6, 6.07) is 7.34. The molecule has 0 aliphatic carbocycles. The third kappa shape index (κ3) is 2.76. The van der Waals surface area contributed by atoms with Crippen LogP contribution in [0.1, 0.15) is 24.2 Å². The molecule has 86 valence electrons. The fourth-order valence-corrected chi connectivity index (χ4v) is 2.33. The molecular weight excluding hydrogens is 254 g/mol. The van der Waals surface area contributed by atoms with Gasteiger partial charge in [0.25, 0.3) is 0 Å². The molecule has 0 saturated carbocycles. The van der Waals surface area contributed by atoms with Crippen LogP contribution in [0.25, 0.3) is 0 Å². The largest absolute Gasteiger partial charge is 0.376 e. The minimum absolute atomic E-state index is 0.0895. The summed E-state index contributed by atoms with van der Waals surface area (Å²) in [6.07, 6.45) is 0. The van der Waals surface area contributed by atoms with E-state index in [-0.39, 0.29) is 6.04 Å². The monoisotopic (exact) mass is 263 g/mol. The summed E-state index contributed by atoms with van der Waals surface area (Å²) >= 11 is 7.64. The van der Waals surface area contributed by atoms with Crippen LogP contribution in [0.3, 0.4) is 0 Å². The van der Waals surface area contributed by atoms with Crippen LogP contribution < -0.4 is 5.32 Å². The number of benzene rings is 1. The van der Waals surface area contributed by atoms with E-state index in [1.54, 1.807) is 29.0 Å². The van der Waals surface area contributed by atoms with Crippen LogP contribution in [0.15, 0.2) is 29.1 Å². The Labute approximate surface area is 109 Å². The summed E-state index contributed by atoms with van der Waals surface area (Å²) in [5.74, 6) is 0. The highest BCUT2D eigenvalue weighted by molar-refractivity contribution is 7.07. The van der Waals surface area contributed by atoms with Gasteiger partial charge >= 0.3 is 0 Å². The van der Waals surface area contributed by atoms with Gasteiger partial charge in [-0.1, -0.05) is 11.6 Å². The van der Waals surface area contributed by atoms with Gasteiger partial charge in [0.1, 0.15) is 0 Å². The van der Waals surface area contributed by atoms with E-state index in [4.69, 9.17) is 16.9 Å². The summed E-state index contributed by atoms with van der Waals surface area (Å²) < 4.78 is 0. The molecule has 2 aromatic rings.